The third kappa shape index (κ3) is 4.34. The van der Waals surface area contributed by atoms with E-state index in [1.54, 1.807) is 6.33 Å². The zero-order valence-electron chi connectivity index (χ0n) is 13.6. The van der Waals surface area contributed by atoms with Crippen LogP contribution in [0, 0.1) is 5.92 Å². The van der Waals surface area contributed by atoms with Gasteiger partial charge < -0.3 is 10.3 Å². The summed E-state index contributed by atoms with van der Waals surface area (Å²) in [7, 11) is 0. The highest BCUT2D eigenvalue weighted by Crippen LogP contribution is 2.27. The molecule has 3 rings (SSSR count). The van der Waals surface area contributed by atoms with E-state index in [2.05, 4.69) is 15.3 Å². The lowest BCUT2D eigenvalue weighted by Crippen LogP contribution is -2.38. The molecule has 2 aliphatic rings. The fourth-order valence-corrected chi connectivity index (χ4v) is 4.02. The van der Waals surface area contributed by atoms with Crippen molar-refractivity contribution < 1.29 is 4.79 Å². The van der Waals surface area contributed by atoms with Gasteiger partial charge in [-0.25, -0.2) is 4.98 Å². The predicted octanol–water partition coefficient (Wildman–Crippen LogP) is 3.52. The summed E-state index contributed by atoms with van der Waals surface area (Å²) < 4.78 is 0. The SMILES string of the molecule is O=C(CCCCC1CCCCC1)NC1CCc2nc[nH]c2C1. The molecule has 1 aromatic rings. The maximum absolute atomic E-state index is 12.1. The van der Waals surface area contributed by atoms with Gasteiger partial charge in [-0.1, -0.05) is 44.9 Å². The average Bonchev–Trinajstić information content (AvgIpc) is 3.00. The number of aromatic amines is 1. The molecule has 0 saturated heterocycles. The number of amides is 1. The average molecular weight is 303 g/mol. The molecule has 1 aromatic heterocycles. The van der Waals surface area contributed by atoms with Crippen LogP contribution in [0.3, 0.4) is 0 Å². The van der Waals surface area contributed by atoms with Crippen LogP contribution in [-0.2, 0) is 17.6 Å². The molecular weight excluding hydrogens is 274 g/mol. The fourth-order valence-electron chi connectivity index (χ4n) is 4.02. The molecule has 1 saturated carbocycles. The normalized spacial score (nSPS) is 22.3. The number of nitrogens with zero attached hydrogens (tertiary/aromatic N) is 1. The second-order valence-corrected chi connectivity index (χ2v) is 7.08. The van der Waals surface area contributed by atoms with Crippen LogP contribution < -0.4 is 5.32 Å². The van der Waals surface area contributed by atoms with Gasteiger partial charge in [-0.05, 0) is 25.2 Å². The Hall–Kier alpha value is -1.32. The van der Waals surface area contributed by atoms with E-state index < -0.39 is 0 Å². The van der Waals surface area contributed by atoms with Crippen molar-refractivity contribution in [1.82, 2.24) is 15.3 Å². The Kier molecular flexibility index (Phi) is 5.52. The molecule has 1 heterocycles. The van der Waals surface area contributed by atoms with Crippen molar-refractivity contribution in [3.63, 3.8) is 0 Å². The second-order valence-electron chi connectivity index (χ2n) is 7.08. The van der Waals surface area contributed by atoms with Gasteiger partial charge in [-0.2, -0.15) is 0 Å². The highest BCUT2D eigenvalue weighted by atomic mass is 16.1. The Morgan fingerprint density at radius 2 is 2.09 bits per heavy atom. The Labute approximate surface area is 133 Å². The number of rotatable bonds is 6. The van der Waals surface area contributed by atoms with Crippen LogP contribution in [-0.4, -0.2) is 21.9 Å². The molecule has 122 valence electrons. The molecule has 4 heteroatoms. The van der Waals surface area contributed by atoms with E-state index in [4.69, 9.17) is 0 Å². The maximum Gasteiger partial charge on any atom is 0.220 e. The van der Waals surface area contributed by atoms with Crippen molar-refractivity contribution in [2.24, 2.45) is 5.92 Å². The number of aryl methyl sites for hydroxylation is 1. The number of carbonyl (C=O) groups is 1. The Morgan fingerprint density at radius 3 is 2.95 bits per heavy atom. The minimum absolute atomic E-state index is 0.233. The first kappa shape index (κ1) is 15.6. The molecule has 1 unspecified atom stereocenters. The Bertz CT molecular complexity index is 476. The summed E-state index contributed by atoms with van der Waals surface area (Å²) in [6.45, 7) is 0. The predicted molar refractivity (Wildman–Crippen MR) is 87.6 cm³/mol. The number of carbonyl (C=O) groups excluding carboxylic acids is 1. The zero-order valence-corrected chi connectivity index (χ0v) is 13.6. The largest absolute Gasteiger partial charge is 0.353 e. The van der Waals surface area contributed by atoms with E-state index in [1.807, 2.05) is 0 Å². The number of hydrogen-bond acceptors (Lipinski definition) is 2. The number of nitrogens with one attached hydrogen (secondary N) is 2. The molecule has 4 nitrogen and oxygen atoms in total. The summed E-state index contributed by atoms with van der Waals surface area (Å²) in [5, 5.41) is 3.20. The second kappa shape index (κ2) is 7.80. The van der Waals surface area contributed by atoms with Crippen molar-refractivity contribution in [3.05, 3.63) is 17.7 Å². The lowest BCUT2D eigenvalue weighted by Gasteiger charge is -2.23. The molecule has 0 bridgehead atoms. The van der Waals surface area contributed by atoms with Crippen LogP contribution in [0.2, 0.25) is 0 Å². The maximum atomic E-state index is 12.1. The number of H-pyrrole nitrogens is 1. The fraction of sp³-hybridized carbons (Fsp3) is 0.778. The number of aromatic nitrogens is 2. The van der Waals surface area contributed by atoms with E-state index in [-0.39, 0.29) is 5.91 Å². The van der Waals surface area contributed by atoms with Gasteiger partial charge in [0.05, 0.1) is 12.0 Å². The van der Waals surface area contributed by atoms with Gasteiger partial charge in [0.25, 0.3) is 0 Å². The lowest BCUT2D eigenvalue weighted by atomic mass is 9.85. The van der Waals surface area contributed by atoms with Crippen molar-refractivity contribution in [3.8, 4) is 0 Å². The first-order valence-corrected chi connectivity index (χ1v) is 9.12. The van der Waals surface area contributed by atoms with Gasteiger partial charge in [-0.15, -0.1) is 0 Å². The van der Waals surface area contributed by atoms with Gasteiger partial charge >= 0.3 is 0 Å². The topological polar surface area (TPSA) is 57.8 Å². The number of hydrogen-bond donors (Lipinski definition) is 2. The van der Waals surface area contributed by atoms with Crippen LogP contribution >= 0.6 is 0 Å². The van der Waals surface area contributed by atoms with E-state index in [1.165, 1.54) is 56.3 Å². The molecule has 22 heavy (non-hydrogen) atoms. The smallest absolute Gasteiger partial charge is 0.220 e. The van der Waals surface area contributed by atoms with E-state index >= 15 is 0 Å². The number of imidazole rings is 1. The van der Waals surface area contributed by atoms with Crippen molar-refractivity contribution in [2.75, 3.05) is 0 Å². The summed E-state index contributed by atoms with van der Waals surface area (Å²) in [5.41, 5.74) is 2.38. The highest BCUT2D eigenvalue weighted by Gasteiger charge is 2.21. The summed E-state index contributed by atoms with van der Waals surface area (Å²) in [4.78, 5) is 19.6. The van der Waals surface area contributed by atoms with E-state index in [0.29, 0.717) is 12.5 Å². The first-order chi connectivity index (χ1) is 10.8. The van der Waals surface area contributed by atoms with Crippen molar-refractivity contribution >= 4 is 5.91 Å². The number of fused-ring (bicyclic) bond motifs is 1. The number of unbranched alkanes of at least 4 members (excludes halogenated alkanes) is 1. The van der Waals surface area contributed by atoms with Gasteiger partial charge in [0.1, 0.15) is 0 Å². The van der Waals surface area contributed by atoms with E-state index in [0.717, 1.165) is 31.6 Å². The molecule has 1 fully saturated rings. The quantitative estimate of drug-likeness (QED) is 0.790. The van der Waals surface area contributed by atoms with Crippen LogP contribution in [0.4, 0.5) is 0 Å². The Morgan fingerprint density at radius 1 is 1.23 bits per heavy atom. The molecule has 2 N–H and O–H groups in total. The third-order valence-electron chi connectivity index (χ3n) is 5.34. The summed E-state index contributed by atoms with van der Waals surface area (Å²) >= 11 is 0. The van der Waals surface area contributed by atoms with Crippen molar-refractivity contribution in [1.29, 1.82) is 0 Å². The zero-order chi connectivity index (χ0) is 15.2. The van der Waals surface area contributed by atoms with Crippen molar-refractivity contribution in [2.45, 2.75) is 83.1 Å². The van der Waals surface area contributed by atoms with Crippen LogP contribution in [0.1, 0.15) is 75.6 Å². The first-order valence-electron chi connectivity index (χ1n) is 9.12. The minimum atomic E-state index is 0.233. The highest BCUT2D eigenvalue weighted by molar-refractivity contribution is 5.76. The third-order valence-corrected chi connectivity index (χ3v) is 5.34. The minimum Gasteiger partial charge on any atom is -0.353 e. The molecule has 2 aliphatic carbocycles. The van der Waals surface area contributed by atoms with Gasteiger partial charge in [0, 0.05) is 24.6 Å². The molecular formula is C18H29N3O. The molecule has 1 amide bonds. The van der Waals surface area contributed by atoms with Gasteiger partial charge in [0.2, 0.25) is 5.91 Å². The van der Waals surface area contributed by atoms with Gasteiger partial charge in [-0.3, -0.25) is 4.79 Å². The monoisotopic (exact) mass is 303 g/mol. The molecule has 1 atom stereocenters. The van der Waals surface area contributed by atoms with Crippen LogP contribution in [0.25, 0.3) is 0 Å². The van der Waals surface area contributed by atoms with E-state index in [9.17, 15) is 4.79 Å². The molecule has 0 spiro atoms. The van der Waals surface area contributed by atoms with Gasteiger partial charge in [0.15, 0.2) is 0 Å². The Balaban J connectivity index is 1.30. The summed E-state index contributed by atoms with van der Waals surface area (Å²) in [5.74, 6) is 1.17. The van der Waals surface area contributed by atoms with Crippen LogP contribution in [0.15, 0.2) is 6.33 Å². The molecule has 0 aliphatic heterocycles. The molecule has 0 aromatic carbocycles. The van der Waals surface area contributed by atoms with Crippen LogP contribution in [0.5, 0.6) is 0 Å². The lowest BCUT2D eigenvalue weighted by molar-refractivity contribution is -0.122. The standard InChI is InChI=1S/C18H29N3O/c22-18(9-5-4-8-14-6-2-1-3-7-14)21-15-10-11-16-17(12-15)20-13-19-16/h13-15H,1-12H2,(H,19,20)(H,21,22). The molecule has 0 radical (unpaired) electrons. The summed E-state index contributed by atoms with van der Waals surface area (Å²) in [6.07, 6.45) is 16.1. The summed E-state index contributed by atoms with van der Waals surface area (Å²) in [6, 6.07) is 0.291.